The van der Waals surface area contributed by atoms with E-state index in [9.17, 15) is 9.90 Å². The minimum Gasteiger partial charge on any atom is -0.463 e. The van der Waals surface area contributed by atoms with E-state index >= 15 is 0 Å². The van der Waals surface area contributed by atoms with E-state index in [1.807, 2.05) is 0 Å². The van der Waals surface area contributed by atoms with Gasteiger partial charge in [-0.3, -0.25) is 4.79 Å². The highest BCUT2D eigenvalue weighted by Crippen LogP contribution is 2.32. The molecule has 0 saturated carbocycles. The molecule has 6 nitrogen and oxygen atoms in total. The number of fused-ring (bicyclic) bond motifs is 1. The number of aliphatic hydroxyl groups is 1. The van der Waals surface area contributed by atoms with Crippen molar-refractivity contribution < 1.29 is 14.3 Å². The van der Waals surface area contributed by atoms with Crippen molar-refractivity contribution in [3.8, 4) is 0 Å². The van der Waals surface area contributed by atoms with Gasteiger partial charge in [0.1, 0.15) is 5.58 Å². The number of piperidine rings is 1. The van der Waals surface area contributed by atoms with E-state index in [4.69, 9.17) is 21.8 Å². The van der Waals surface area contributed by atoms with Crippen LogP contribution in [0, 0.1) is 0 Å². The maximum Gasteiger partial charge on any atom is 0.255 e. The monoisotopic (exact) mass is 323 g/mol. The van der Waals surface area contributed by atoms with Gasteiger partial charge in [0.15, 0.2) is 0 Å². The summed E-state index contributed by atoms with van der Waals surface area (Å²) in [5.74, 6) is -0.339. The van der Waals surface area contributed by atoms with E-state index in [2.05, 4.69) is 10.6 Å². The molecule has 3 rings (SSSR count). The summed E-state index contributed by atoms with van der Waals surface area (Å²) in [6.07, 6.45) is 2.67. The van der Waals surface area contributed by atoms with Gasteiger partial charge in [0, 0.05) is 11.9 Å². The summed E-state index contributed by atoms with van der Waals surface area (Å²) in [7, 11) is 0. The number of nitrogens with one attached hydrogen (secondary N) is 2. The Morgan fingerprint density at radius 3 is 2.95 bits per heavy atom. The molecule has 1 aliphatic heterocycles. The van der Waals surface area contributed by atoms with Gasteiger partial charge in [-0.2, -0.15) is 0 Å². The van der Waals surface area contributed by atoms with Crippen LogP contribution in [0.2, 0.25) is 5.02 Å². The molecule has 1 saturated heterocycles. The van der Waals surface area contributed by atoms with Crippen LogP contribution in [0.4, 0.5) is 5.69 Å². The molecular formula is C15H18ClN3O3. The summed E-state index contributed by atoms with van der Waals surface area (Å²) in [6.45, 7) is 1.67. The summed E-state index contributed by atoms with van der Waals surface area (Å²) in [5.41, 5.74) is 6.10. The molecule has 0 bridgehead atoms. The Hall–Kier alpha value is -1.76. The van der Waals surface area contributed by atoms with Gasteiger partial charge in [0.2, 0.25) is 0 Å². The Bertz CT molecular complexity index is 707. The van der Waals surface area contributed by atoms with Gasteiger partial charge in [-0.05, 0) is 38.1 Å². The lowest BCUT2D eigenvalue weighted by Gasteiger charge is -2.32. The van der Waals surface area contributed by atoms with Crippen molar-refractivity contribution >= 4 is 34.2 Å². The van der Waals surface area contributed by atoms with Gasteiger partial charge >= 0.3 is 0 Å². The van der Waals surface area contributed by atoms with Crippen molar-refractivity contribution in [2.24, 2.45) is 0 Å². The van der Waals surface area contributed by atoms with Crippen LogP contribution in [0.15, 0.2) is 22.8 Å². The zero-order valence-corrected chi connectivity index (χ0v) is 12.7. The molecule has 1 fully saturated rings. The van der Waals surface area contributed by atoms with Crippen LogP contribution >= 0.6 is 11.6 Å². The normalized spacial score (nSPS) is 17.5. The second kappa shape index (κ2) is 5.79. The molecule has 7 heteroatoms. The lowest BCUT2D eigenvalue weighted by molar-refractivity contribution is 0.0113. The van der Waals surface area contributed by atoms with Crippen molar-refractivity contribution in [3.63, 3.8) is 0 Å². The Balaban J connectivity index is 1.81. The summed E-state index contributed by atoms with van der Waals surface area (Å²) in [6, 6.07) is 3.16. The quantitative estimate of drug-likeness (QED) is 0.642. The first-order valence-corrected chi connectivity index (χ1v) is 7.54. The molecule has 5 N–H and O–H groups in total. The fraction of sp³-hybridized carbons (Fsp3) is 0.400. The van der Waals surface area contributed by atoms with Crippen molar-refractivity contribution in [3.05, 3.63) is 29.0 Å². The van der Waals surface area contributed by atoms with Crippen molar-refractivity contribution in [1.82, 2.24) is 10.6 Å². The van der Waals surface area contributed by atoms with E-state index in [1.165, 1.54) is 12.3 Å². The summed E-state index contributed by atoms with van der Waals surface area (Å²) in [4.78, 5) is 12.4. The maximum absolute atomic E-state index is 12.4. The van der Waals surface area contributed by atoms with Gasteiger partial charge in [-0.25, -0.2) is 0 Å². The van der Waals surface area contributed by atoms with Crippen molar-refractivity contribution in [2.75, 3.05) is 25.4 Å². The van der Waals surface area contributed by atoms with E-state index in [0.717, 1.165) is 13.1 Å². The molecule has 0 radical (unpaired) electrons. The average Bonchev–Trinajstić information content (AvgIpc) is 2.99. The van der Waals surface area contributed by atoms with E-state index < -0.39 is 5.60 Å². The van der Waals surface area contributed by atoms with Gasteiger partial charge in [-0.15, -0.1) is 0 Å². The number of furan rings is 1. The lowest BCUT2D eigenvalue weighted by Crippen LogP contribution is -2.49. The van der Waals surface area contributed by atoms with Crippen LogP contribution in [-0.2, 0) is 0 Å². The Kier molecular flexibility index (Phi) is 3.99. The van der Waals surface area contributed by atoms with Crippen molar-refractivity contribution in [2.45, 2.75) is 18.4 Å². The number of amides is 1. The number of hydrogen-bond donors (Lipinski definition) is 4. The summed E-state index contributed by atoms with van der Waals surface area (Å²) < 4.78 is 5.35. The van der Waals surface area contributed by atoms with Gasteiger partial charge in [0.05, 0.1) is 28.1 Å². The molecule has 0 atom stereocenters. The largest absolute Gasteiger partial charge is 0.463 e. The fourth-order valence-electron chi connectivity index (χ4n) is 2.71. The second-order valence-corrected chi connectivity index (χ2v) is 6.05. The molecule has 0 spiro atoms. The van der Waals surface area contributed by atoms with Crippen LogP contribution in [-0.4, -0.2) is 36.2 Å². The van der Waals surface area contributed by atoms with Crippen LogP contribution < -0.4 is 16.4 Å². The van der Waals surface area contributed by atoms with E-state index in [0.29, 0.717) is 40.1 Å². The van der Waals surface area contributed by atoms with Gasteiger partial charge < -0.3 is 25.9 Å². The number of benzene rings is 1. The van der Waals surface area contributed by atoms with Crippen molar-refractivity contribution in [1.29, 1.82) is 0 Å². The van der Waals surface area contributed by atoms with Gasteiger partial charge in [-0.1, -0.05) is 11.6 Å². The number of hydrogen-bond acceptors (Lipinski definition) is 5. The number of carbonyl (C=O) groups excluding carboxylic acids is 1. The third-order valence-electron chi connectivity index (χ3n) is 4.09. The Morgan fingerprint density at radius 1 is 1.50 bits per heavy atom. The second-order valence-electron chi connectivity index (χ2n) is 5.64. The summed E-state index contributed by atoms with van der Waals surface area (Å²) >= 11 is 6.07. The number of nitrogen functional groups attached to an aromatic ring is 1. The highest BCUT2D eigenvalue weighted by molar-refractivity contribution is 6.35. The SMILES string of the molecule is Nc1c(Cl)cc(C(=O)NCC2(O)CCNCC2)c2occc12. The number of carbonyl (C=O) groups is 1. The molecule has 2 heterocycles. The molecule has 118 valence electrons. The number of rotatable bonds is 3. The molecule has 22 heavy (non-hydrogen) atoms. The van der Waals surface area contributed by atoms with Gasteiger partial charge in [0.25, 0.3) is 5.91 Å². The highest BCUT2D eigenvalue weighted by Gasteiger charge is 2.30. The molecular weight excluding hydrogens is 306 g/mol. The van der Waals surface area contributed by atoms with E-state index in [1.54, 1.807) is 6.07 Å². The van der Waals surface area contributed by atoms with Crippen LogP contribution in [0.3, 0.4) is 0 Å². The van der Waals surface area contributed by atoms with Crippen LogP contribution in [0.25, 0.3) is 11.0 Å². The molecule has 1 aromatic heterocycles. The molecule has 2 aromatic rings. The molecule has 1 aromatic carbocycles. The van der Waals surface area contributed by atoms with E-state index in [-0.39, 0.29) is 12.5 Å². The third-order valence-corrected chi connectivity index (χ3v) is 4.40. The van der Waals surface area contributed by atoms with Crippen LogP contribution in [0.1, 0.15) is 23.2 Å². The molecule has 1 amide bonds. The Labute approximate surface area is 132 Å². The highest BCUT2D eigenvalue weighted by atomic mass is 35.5. The summed E-state index contributed by atoms with van der Waals surface area (Å²) in [5, 5.41) is 17.3. The number of nitrogens with two attached hydrogens (primary N) is 1. The zero-order chi connectivity index (χ0) is 15.7. The number of halogens is 1. The predicted molar refractivity (Wildman–Crippen MR) is 85.0 cm³/mol. The first-order valence-electron chi connectivity index (χ1n) is 7.17. The standard InChI is InChI=1S/C15H18ClN3O3/c16-11-7-10(13-9(12(11)17)1-6-22-13)14(20)19-8-15(21)2-4-18-5-3-15/h1,6-7,18,21H,2-5,8,17H2,(H,19,20). The minimum atomic E-state index is -0.874. The van der Waals surface area contributed by atoms with Crippen LogP contribution in [0.5, 0.6) is 0 Å². The average molecular weight is 324 g/mol. The molecule has 1 aliphatic rings. The zero-order valence-electron chi connectivity index (χ0n) is 12.0. The maximum atomic E-state index is 12.4. The Morgan fingerprint density at radius 2 is 2.23 bits per heavy atom. The smallest absolute Gasteiger partial charge is 0.255 e. The number of anilines is 1. The molecule has 0 aliphatic carbocycles. The lowest BCUT2D eigenvalue weighted by atomic mass is 9.92. The first kappa shape index (κ1) is 15.1. The first-order chi connectivity index (χ1) is 10.5. The predicted octanol–water partition coefficient (Wildman–Crippen LogP) is 1.51. The fourth-order valence-corrected chi connectivity index (χ4v) is 2.92. The third kappa shape index (κ3) is 2.77. The topological polar surface area (TPSA) is 101 Å². The molecule has 0 unspecified atom stereocenters. The minimum absolute atomic E-state index is 0.192.